The molecule has 0 aliphatic carbocycles. The summed E-state index contributed by atoms with van der Waals surface area (Å²) >= 11 is 3.70. The lowest BCUT2D eigenvalue weighted by molar-refractivity contribution is -0.140. The van der Waals surface area contributed by atoms with Crippen LogP contribution in [0.5, 0.6) is 5.75 Å². The van der Waals surface area contributed by atoms with E-state index >= 15 is 0 Å². The zero-order valence-corrected chi connectivity index (χ0v) is 23.0. The zero-order chi connectivity index (χ0) is 26.4. The van der Waals surface area contributed by atoms with E-state index in [-0.39, 0.29) is 12.5 Å². The van der Waals surface area contributed by atoms with Crippen LogP contribution < -0.4 is 4.74 Å². The van der Waals surface area contributed by atoms with Crippen molar-refractivity contribution in [2.24, 2.45) is 4.99 Å². The molecule has 0 aromatic heterocycles. The average Bonchev–Trinajstić information content (AvgIpc) is 3.36. The molecule has 3 aromatic carbocycles. The van der Waals surface area contributed by atoms with Crippen LogP contribution in [0.1, 0.15) is 48.5 Å². The summed E-state index contributed by atoms with van der Waals surface area (Å²) in [5.41, 5.74) is 1.59. The third-order valence-corrected chi connectivity index (χ3v) is 7.94. The van der Waals surface area contributed by atoms with Crippen LogP contribution in [0.3, 0.4) is 0 Å². The number of amides is 1. The number of carbonyl (C=O) groups excluding carboxylic acids is 1. The van der Waals surface area contributed by atoms with Crippen molar-refractivity contribution in [3.8, 4) is 5.75 Å². The Morgan fingerprint density at radius 1 is 1.00 bits per heavy atom. The number of aliphatic imine (C=N–C) groups is 1. The highest BCUT2D eigenvalue weighted by molar-refractivity contribution is 9.10. The molecule has 0 bridgehead atoms. The Morgan fingerprint density at radius 2 is 1.71 bits per heavy atom. The summed E-state index contributed by atoms with van der Waals surface area (Å²) in [5, 5.41) is 9.02. The molecular formula is C31H33BrN2O4. The van der Waals surface area contributed by atoms with Crippen LogP contribution in [-0.2, 0) is 16.0 Å². The second kappa shape index (κ2) is 12.1. The predicted octanol–water partition coefficient (Wildman–Crippen LogP) is 5.72. The number of halogens is 1. The van der Waals surface area contributed by atoms with E-state index in [0.29, 0.717) is 31.1 Å². The molecule has 0 spiro atoms. The van der Waals surface area contributed by atoms with E-state index in [1.807, 2.05) is 83.8 Å². The standard InChI is InChI=1S/C31H33BrN2O4/c32-27-13-6-5-12-25(27)22-31(30(36)34-18-7-2-8-19-34)28(23-10-3-1-4-11-23)38-29(33-31)24-14-16-26(17-15-24)37-21-9-20-35/h1,3-6,10-17,28,35H,2,7-9,18-22H2/t28-,31-/m1/s1. The van der Waals surface area contributed by atoms with Crippen LogP contribution in [0.25, 0.3) is 0 Å². The quantitative estimate of drug-likeness (QED) is 0.330. The SMILES string of the molecule is O=C(N1CCCCC1)[C@]1(Cc2ccccc2Br)N=C(c2ccc(OCCCO)cc2)O[C@@H]1c1ccccc1. The Hall–Kier alpha value is -3.16. The maximum Gasteiger partial charge on any atom is 0.255 e. The number of piperidine rings is 1. The number of rotatable bonds is 9. The molecule has 2 heterocycles. The van der Waals surface area contributed by atoms with Gasteiger partial charge in [-0.25, -0.2) is 4.99 Å². The highest BCUT2D eigenvalue weighted by atomic mass is 79.9. The normalized spacial score (nSPS) is 21.1. The van der Waals surface area contributed by atoms with Crippen molar-refractivity contribution in [2.75, 3.05) is 26.3 Å². The minimum Gasteiger partial charge on any atom is -0.494 e. The largest absolute Gasteiger partial charge is 0.494 e. The maximum absolute atomic E-state index is 14.5. The Labute approximate surface area is 232 Å². The molecule has 7 heteroatoms. The fourth-order valence-corrected chi connectivity index (χ4v) is 5.62. The van der Waals surface area contributed by atoms with Gasteiger partial charge in [0.15, 0.2) is 11.6 Å². The first-order chi connectivity index (χ1) is 18.6. The van der Waals surface area contributed by atoms with Gasteiger partial charge in [0.25, 0.3) is 5.91 Å². The lowest BCUT2D eigenvalue weighted by Gasteiger charge is -2.37. The molecule has 6 nitrogen and oxygen atoms in total. The number of benzene rings is 3. The first kappa shape index (κ1) is 26.4. The fraction of sp³-hybridized carbons (Fsp3) is 0.355. The van der Waals surface area contributed by atoms with Crippen LogP contribution in [0.15, 0.2) is 88.3 Å². The first-order valence-corrected chi connectivity index (χ1v) is 14.1. The second-order valence-corrected chi connectivity index (χ2v) is 10.7. The minimum absolute atomic E-state index is 0.0146. The fourth-order valence-electron chi connectivity index (χ4n) is 5.20. The van der Waals surface area contributed by atoms with Gasteiger partial charge in [-0.15, -0.1) is 0 Å². The zero-order valence-electron chi connectivity index (χ0n) is 21.4. The third-order valence-electron chi connectivity index (χ3n) is 7.17. The molecule has 38 heavy (non-hydrogen) atoms. The molecule has 2 atom stereocenters. The highest BCUT2D eigenvalue weighted by Crippen LogP contribution is 2.44. The van der Waals surface area contributed by atoms with E-state index in [9.17, 15) is 4.79 Å². The number of aliphatic hydroxyl groups is 1. The number of ether oxygens (including phenoxy) is 2. The molecular weight excluding hydrogens is 544 g/mol. The Morgan fingerprint density at radius 3 is 2.42 bits per heavy atom. The van der Waals surface area contributed by atoms with Crippen molar-refractivity contribution in [3.05, 3.63) is 100 Å². The van der Waals surface area contributed by atoms with Crippen molar-refractivity contribution in [1.29, 1.82) is 0 Å². The third kappa shape index (κ3) is 5.64. The van der Waals surface area contributed by atoms with Gasteiger partial charge in [-0.1, -0.05) is 64.5 Å². The molecule has 1 N–H and O–H groups in total. The van der Waals surface area contributed by atoms with Gasteiger partial charge in [0.05, 0.1) is 6.61 Å². The summed E-state index contributed by atoms with van der Waals surface area (Å²) in [5.74, 6) is 1.18. The van der Waals surface area contributed by atoms with E-state index < -0.39 is 11.6 Å². The molecule has 0 unspecified atom stereocenters. The van der Waals surface area contributed by atoms with E-state index in [2.05, 4.69) is 15.9 Å². The topological polar surface area (TPSA) is 71.4 Å². The lowest BCUT2D eigenvalue weighted by atomic mass is 9.81. The molecule has 3 aromatic rings. The Kier molecular flexibility index (Phi) is 8.45. The summed E-state index contributed by atoms with van der Waals surface area (Å²) in [7, 11) is 0. The lowest BCUT2D eigenvalue weighted by Crippen LogP contribution is -2.53. The number of carbonyl (C=O) groups is 1. The van der Waals surface area contributed by atoms with Gasteiger partial charge in [-0.05, 0) is 60.7 Å². The molecule has 2 aliphatic rings. The van der Waals surface area contributed by atoms with Gasteiger partial charge in [-0.2, -0.15) is 0 Å². The molecule has 1 amide bonds. The summed E-state index contributed by atoms with van der Waals surface area (Å²) in [4.78, 5) is 21.6. The summed E-state index contributed by atoms with van der Waals surface area (Å²) in [6.07, 6.45) is 3.56. The van der Waals surface area contributed by atoms with Crippen molar-refractivity contribution >= 4 is 27.7 Å². The molecule has 1 saturated heterocycles. The van der Waals surface area contributed by atoms with Gasteiger partial charge >= 0.3 is 0 Å². The Bertz CT molecular complexity index is 1260. The first-order valence-electron chi connectivity index (χ1n) is 13.3. The molecule has 1 fully saturated rings. The minimum atomic E-state index is -1.14. The highest BCUT2D eigenvalue weighted by Gasteiger charge is 2.55. The van der Waals surface area contributed by atoms with Crippen LogP contribution in [-0.4, -0.2) is 53.7 Å². The number of hydrogen-bond donors (Lipinski definition) is 1. The van der Waals surface area contributed by atoms with E-state index in [1.54, 1.807) is 0 Å². The van der Waals surface area contributed by atoms with E-state index in [4.69, 9.17) is 19.6 Å². The van der Waals surface area contributed by atoms with E-state index in [0.717, 1.165) is 53.5 Å². The van der Waals surface area contributed by atoms with E-state index in [1.165, 1.54) is 0 Å². The van der Waals surface area contributed by atoms with Crippen molar-refractivity contribution in [2.45, 2.75) is 43.7 Å². The molecule has 198 valence electrons. The van der Waals surface area contributed by atoms with Crippen LogP contribution >= 0.6 is 15.9 Å². The Balaban J connectivity index is 1.58. The van der Waals surface area contributed by atoms with Crippen molar-refractivity contribution in [3.63, 3.8) is 0 Å². The number of nitrogens with zero attached hydrogens (tertiary/aromatic N) is 2. The number of hydrogen-bond acceptors (Lipinski definition) is 5. The number of aliphatic hydroxyl groups excluding tert-OH is 1. The summed E-state index contributed by atoms with van der Waals surface area (Å²) in [6, 6.07) is 25.5. The van der Waals surface area contributed by atoms with Gasteiger partial charge in [0.1, 0.15) is 5.75 Å². The van der Waals surface area contributed by atoms with Gasteiger partial charge in [0.2, 0.25) is 5.90 Å². The van der Waals surface area contributed by atoms with Crippen molar-refractivity contribution in [1.82, 2.24) is 4.90 Å². The van der Waals surface area contributed by atoms with Crippen molar-refractivity contribution < 1.29 is 19.4 Å². The van der Waals surface area contributed by atoms with Gasteiger partial charge in [0, 0.05) is 42.6 Å². The molecule has 0 saturated carbocycles. The summed E-state index contributed by atoms with van der Waals surface area (Å²) < 4.78 is 13.3. The van der Waals surface area contributed by atoms with Crippen LogP contribution in [0.4, 0.5) is 0 Å². The monoisotopic (exact) mass is 576 g/mol. The second-order valence-electron chi connectivity index (χ2n) is 9.82. The molecule has 0 radical (unpaired) electrons. The predicted molar refractivity (Wildman–Crippen MR) is 151 cm³/mol. The summed E-state index contributed by atoms with van der Waals surface area (Å²) in [6.45, 7) is 2.02. The molecule has 2 aliphatic heterocycles. The smallest absolute Gasteiger partial charge is 0.255 e. The average molecular weight is 578 g/mol. The van der Waals surface area contributed by atoms with Gasteiger partial charge < -0.3 is 19.5 Å². The van der Waals surface area contributed by atoms with Crippen LogP contribution in [0, 0.1) is 0 Å². The van der Waals surface area contributed by atoms with Gasteiger partial charge in [-0.3, -0.25) is 4.79 Å². The maximum atomic E-state index is 14.5. The molecule has 5 rings (SSSR count). The van der Waals surface area contributed by atoms with Crippen LogP contribution in [0.2, 0.25) is 0 Å². The number of likely N-dealkylation sites (tertiary alicyclic amines) is 1.